The molecular weight excluding hydrogens is 278 g/mol. The standard InChI is InChI=1S/C18H19NO3/c20-11-16-9-14-7-4-8-15(14)10-17(16)19-18(21)22-12-13-5-2-1-3-6-13/h1-3,5-6,9-10,20H,4,7-8,11-12H2,(H,19,21). The molecule has 4 nitrogen and oxygen atoms in total. The highest BCUT2D eigenvalue weighted by atomic mass is 16.5. The Balaban J connectivity index is 1.66. The van der Waals surface area contributed by atoms with Crippen molar-refractivity contribution in [3.63, 3.8) is 0 Å². The van der Waals surface area contributed by atoms with Gasteiger partial charge in [0.15, 0.2) is 0 Å². The predicted octanol–water partition coefficient (Wildman–Crippen LogP) is 3.42. The number of ether oxygens (including phenoxy) is 1. The van der Waals surface area contributed by atoms with Gasteiger partial charge in [-0.3, -0.25) is 5.32 Å². The van der Waals surface area contributed by atoms with Gasteiger partial charge in [0, 0.05) is 11.3 Å². The van der Waals surface area contributed by atoms with Crippen molar-refractivity contribution in [2.24, 2.45) is 0 Å². The van der Waals surface area contributed by atoms with Crippen LogP contribution in [0.15, 0.2) is 42.5 Å². The highest BCUT2D eigenvalue weighted by Crippen LogP contribution is 2.28. The summed E-state index contributed by atoms with van der Waals surface area (Å²) in [5.41, 5.74) is 4.83. The lowest BCUT2D eigenvalue weighted by Crippen LogP contribution is -2.15. The molecule has 4 heteroatoms. The molecule has 1 aliphatic carbocycles. The Morgan fingerprint density at radius 2 is 1.86 bits per heavy atom. The molecule has 3 rings (SSSR count). The van der Waals surface area contributed by atoms with Gasteiger partial charge in [-0.15, -0.1) is 0 Å². The molecule has 2 aromatic carbocycles. The Bertz CT molecular complexity index is 668. The summed E-state index contributed by atoms with van der Waals surface area (Å²) in [6, 6.07) is 13.5. The lowest BCUT2D eigenvalue weighted by atomic mass is 10.0. The Hall–Kier alpha value is -2.33. The Morgan fingerprint density at radius 3 is 2.59 bits per heavy atom. The molecule has 0 unspecified atom stereocenters. The zero-order valence-electron chi connectivity index (χ0n) is 12.3. The number of hydrogen-bond acceptors (Lipinski definition) is 3. The minimum absolute atomic E-state index is 0.0957. The summed E-state index contributed by atoms with van der Waals surface area (Å²) >= 11 is 0. The molecular formula is C18H19NO3. The van der Waals surface area contributed by atoms with E-state index in [9.17, 15) is 9.90 Å². The van der Waals surface area contributed by atoms with Crippen LogP contribution in [-0.4, -0.2) is 11.2 Å². The van der Waals surface area contributed by atoms with E-state index >= 15 is 0 Å². The fourth-order valence-electron chi connectivity index (χ4n) is 2.79. The van der Waals surface area contributed by atoms with E-state index in [1.165, 1.54) is 11.1 Å². The number of anilines is 1. The maximum Gasteiger partial charge on any atom is 0.411 e. The number of amides is 1. The number of aliphatic hydroxyl groups is 1. The lowest BCUT2D eigenvalue weighted by Gasteiger charge is -2.12. The monoisotopic (exact) mass is 297 g/mol. The molecule has 2 aromatic rings. The van der Waals surface area contributed by atoms with Crippen molar-refractivity contribution in [1.29, 1.82) is 0 Å². The molecule has 0 saturated heterocycles. The normalized spacial score (nSPS) is 12.8. The van der Waals surface area contributed by atoms with Crippen LogP contribution in [-0.2, 0) is 30.8 Å². The number of benzene rings is 2. The maximum atomic E-state index is 11.9. The molecule has 0 aliphatic heterocycles. The van der Waals surface area contributed by atoms with Gasteiger partial charge in [-0.25, -0.2) is 4.79 Å². The van der Waals surface area contributed by atoms with Gasteiger partial charge in [0.2, 0.25) is 0 Å². The molecule has 1 aliphatic rings. The zero-order chi connectivity index (χ0) is 15.4. The fourth-order valence-corrected chi connectivity index (χ4v) is 2.79. The second kappa shape index (κ2) is 6.62. The summed E-state index contributed by atoms with van der Waals surface area (Å²) in [5.74, 6) is 0. The van der Waals surface area contributed by atoms with Crippen molar-refractivity contribution in [3.8, 4) is 0 Å². The van der Waals surface area contributed by atoms with E-state index in [1.807, 2.05) is 42.5 Å². The van der Waals surface area contributed by atoms with Gasteiger partial charge in [-0.05, 0) is 42.0 Å². The van der Waals surface area contributed by atoms with Crippen molar-refractivity contribution in [2.45, 2.75) is 32.5 Å². The van der Waals surface area contributed by atoms with Crippen LogP contribution in [0.1, 0.15) is 28.7 Å². The molecule has 0 aromatic heterocycles. The van der Waals surface area contributed by atoms with Crippen molar-refractivity contribution < 1.29 is 14.6 Å². The zero-order valence-corrected chi connectivity index (χ0v) is 12.3. The second-order valence-electron chi connectivity index (χ2n) is 5.48. The van der Waals surface area contributed by atoms with Crippen LogP contribution in [0.4, 0.5) is 10.5 Å². The minimum Gasteiger partial charge on any atom is -0.444 e. The van der Waals surface area contributed by atoms with E-state index in [1.54, 1.807) is 0 Å². The smallest absolute Gasteiger partial charge is 0.411 e. The third-order valence-electron chi connectivity index (χ3n) is 3.94. The highest BCUT2D eigenvalue weighted by molar-refractivity contribution is 5.86. The largest absolute Gasteiger partial charge is 0.444 e. The van der Waals surface area contributed by atoms with Gasteiger partial charge in [0.05, 0.1) is 6.61 Å². The number of aliphatic hydroxyl groups excluding tert-OH is 1. The lowest BCUT2D eigenvalue weighted by molar-refractivity contribution is 0.155. The van der Waals surface area contributed by atoms with Crippen molar-refractivity contribution in [3.05, 3.63) is 64.7 Å². The van der Waals surface area contributed by atoms with Crippen LogP contribution < -0.4 is 5.32 Å². The highest BCUT2D eigenvalue weighted by Gasteiger charge is 2.16. The Kier molecular flexibility index (Phi) is 4.39. The summed E-state index contributed by atoms with van der Waals surface area (Å²) in [6.45, 7) is 0.133. The number of hydrogen-bond donors (Lipinski definition) is 2. The number of nitrogens with one attached hydrogen (secondary N) is 1. The molecule has 22 heavy (non-hydrogen) atoms. The van der Waals surface area contributed by atoms with Crippen molar-refractivity contribution in [2.75, 3.05) is 5.32 Å². The first-order valence-corrected chi connectivity index (χ1v) is 7.49. The van der Waals surface area contributed by atoms with Crippen molar-refractivity contribution >= 4 is 11.8 Å². The van der Waals surface area contributed by atoms with Crippen LogP contribution >= 0.6 is 0 Å². The molecule has 0 saturated carbocycles. The third-order valence-corrected chi connectivity index (χ3v) is 3.94. The van der Waals surface area contributed by atoms with Crippen LogP contribution in [0.25, 0.3) is 0 Å². The third kappa shape index (κ3) is 3.28. The summed E-state index contributed by atoms with van der Waals surface area (Å²) in [4.78, 5) is 11.9. The quantitative estimate of drug-likeness (QED) is 0.909. The average molecular weight is 297 g/mol. The maximum absolute atomic E-state index is 11.9. The summed E-state index contributed by atoms with van der Waals surface area (Å²) in [5, 5.41) is 12.2. The summed E-state index contributed by atoms with van der Waals surface area (Å²) in [7, 11) is 0. The molecule has 0 bridgehead atoms. The first kappa shape index (κ1) is 14.6. The Labute approximate surface area is 129 Å². The molecule has 0 heterocycles. The topological polar surface area (TPSA) is 58.6 Å². The first-order valence-electron chi connectivity index (χ1n) is 7.49. The number of rotatable bonds is 4. The second-order valence-corrected chi connectivity index (χ2v) is 5.48. The number of aryl methyl sites for hydroxylation is 2. The van der Waals surface area contributed by atoms with Gasteiger partial charge in [0.1, 0.15) is 6.61 Å². The van der Waals surface area contributed by atoms with E-state index in [0.717, 1.165) is 30.4 Å². The molecule has 2 N–H and O–H groups in total. The molecule has 114 valence electrons. The van der Waals surface area contributed by atoms with E-state index in [4.69, 9.17) is 4.74 Å². The van der Waals surface area contributed by atoms with Crippen molar-refractivity contribution in [1.82, 2.24) is 0 Å². The van der Waals surface area contributed by atoms with Gasteiger partial charge in [0.25, 0.3) is 0 Å². The van der Waals surface area contributed by atoms with Crippen LogP contribution in [0.3, 0.4) is 0 Å². The van der Waals surface area contributed by atoms with Gasteiger partial charge in [-0.1, -0.05) is 36.4 Å². The molecule has 0 fully saturated rings. The van der Waals surface area contributed by atoms with E-state index in [2.05, 4.69) is 5.32 Å². The number of carbonyl (C=O) groups excluding carboxylic acids is 1. The Morgan fingerprint density at radius 1 is 1.14 bits per heavy atom. The predicted molar refractivity (Wildman–Crippen MR) is 84.6 cm³/mol. The van der Waals surface area contributed by atoms with Gasteiger partial charge in [-0.2, -0.15) is 0 Å². The van der Waals surface area contributed by atoms with Crippen LogP contribution in [0, 0.1) is 0 Å². The molecule has 1 amide bonds. The van der Waals surface area contributed by atoms with Crippen LogP contribution in [0.2, 0.25) is 0 Å². The van der Waals surface area contributed by atoms with Gasteiger partial charge < -0.3 is 9.84 Å². The molecule has 0 radical (unpaired) electrons. The van der Waals surface area contributed by atoms with E-state index in [-0.39, 0.29) is 13.2 Å². The fraction of sp³-hybridized carbons (Fsp3) is 0.278. The molecule has 0 spiro atoms. The number of carbonyl (C=O) groups is 1. The van der Waals surface area contributed by atoms with E-state index in [0.29, 0.717) is 5.69 Å². The number of fused-ring (bicyclic) bond motifs is 1. The summed E-state index contributed by atoms with van der Waals surface area (Å²) < 4.78 is 5.22. The van der Waals surface area contributed by atoms with Crippen LogP contribution in [0.5, 0.6) is 0 Å². The summed E-state index contributed by atoms with van der Waals surface area (Å²) in [6.07, 6.45) is 2.69. The minimum atomic E-state index is -0.503. The molecule has 0 atom stereocenters. The van der Waals surface area contributed by atoms with E-state index < -0.39 is 6.09 Å². The average Bonchev–Trinajstić information content (AvgIpc) is 3.00. The first-order chi connectivity index (χ1) is 10.8. The van der Waals surface area contributed by atoms with Gasteiger partial charge >= 0.3 is 6.09 Å². The SMILES string of the molecule is O=C(Nc1cc2c(cc1CO)CCC2)OCc1ccccc1.